The number of aliphatic carboxylic acids is 1. The second kappa shape index (κ2) is 10.2. The molecule has 2 aromatic rings. The summed E-state index contributed by atoms with van der Waals surface area (Å²) in [7, 11) is 0. The van der Waals surface area contributed by atoms with Crippen molar-refractivity contribution in [3.8, 4) is 5.75 Å². The molecule has 3 rings (SSSR count). The Balaban J connectivity index is 1.80. The number of rotatable bonds is 8. The molecule has 1 saturated carbocycles. The van der Waals surface area contributed by atoms with Crippen LogP contribution in [0.5, 0.6) is 5.75 Å². The van der Waals surface area contributed by atoms with Gasteiger partial charge in [-0.25, -0.2) is 0 Å². The predicted molar refractivity (Wildman–Crippen MR) is 110 cm³/mol. The Hall–Kier alpha value is -2.49. The Morgan fingerprint density at radius 1 is 1.00 bits per heavy atom. The molecule has 1 fully saturated rings. The highest BCUT2D eigenvalue weighted by atomic mass is 19.4. The second-order valence-electron chi connectivity index (χ2n) is 8.26. The zero-order chi connectivity index (χ0) is 24.2. The van der Waals surface area contributed by atoms with Gasteiger partial charge in [-0.05, 0) is 61.1 Å². The Kier molecular flexibility index (Phi) is 7.76. The van der Waals surface area contributed by atoms with Crippen molar-refractivity contribution in [3.05, 3.63) is 41.5 Å². The lowest BCUT2D eigenvalue weighted by molar-refractivity contribution is -0.185. The van der Waals surface area contributed by atoms with E-state index < -0.39 is 35.9 Å². The van der Waals surface area contributed by atoms with Crippen molar-refractivity contribution in [1.29, 1.82) is 0 Å². The number of hydrogen-bond acceptors (Lipinski definition) is 3. The molecule has 0 spiro atoms. The quantitative estimate of drug-likeness (QED) is 0.346. The highest BCUT2D eigenvalue weighted by Gasteiger charge is 2.42. The molecule has 0 radical (unpaired) electrons. The van der Waals surface area contributed by atoms with Crippen LogP contribution in [-0.4, -0.2) is 29.9 Å². The van der Waals surface area contributed by atoms with Crippen LogP contribution in [0.15, 0.2) is 30.3 Å². The van der Waals surface area contributed by atoms with Crippen molar-refractivity contribution < 1.29 is 41.0 Å². The summed E-state index contributed by atoms with van der Waals surface area (Å²) in [6.45, 7) is 0.659. The van der Waals surface area contributed by atoms with Gasteiger partial charge in [-0.1, -0.05) is 24.3 Å². The van der Waals surface area contributed by atoms with Crippen LogP contribution >= 0.6 is 0 Å². The van der Waals surface area contributed by atoms with E-state index in [4.69, 9.17) is 9.84 Å². The largest absolute Gasteiger partial charge is 0.490 e. The molecule has 0 atom stereocenters. The lowest BCUT2D eigenvalue weighted by atomic mass is 9.87. The van der Waals surface area contributed by atoms with E-state index in [1.54, 1.807) is 6.07 Å². The van der Waals surface area contributed by atoms with Gasteiger partial charge < -0.3 is 15.2 Å². The first-order chi connectivity index (χ1) is 15.5. The van der Waals surface area contributed by atoms with E-state index in [-0.39, 0.29) is 49.8 Å². The number of hydrogen-bond donors (Lipinski definition) is 2. The van der Waals surface area contributed by atoms with E-state index in [2.05, 4.69) is 5.32 Å². The lowest BCUT2D eigenvalue weighted by Gasteiger charge is -2.31. The van der Waals surface area contributed by atoms with Gasteiger partial charge >= 0.3 is 18.3 Å². The van der Waals surface area contributed by atoms with Gasteiger partial charge in [-0.2, -0.15) is 26.3 Å². The van der Waals surface area contributed by atoms with Crippen LogP contribution in [0.25, 0.3) is 10.8 Å². The maximum Gasteiger partial charge on any atom is 0.420 e. The number of benzene rings is 2. The van der Waals surface area contributed by atoms with Gasteiger partial charge in [0.05, 0.1) is 12.0 Å². The molecule has 0 unspecified atom stereocenters. The van der Waals surface area contributed by atoms with Gasteiger partial charge in [0, 0.05) is 13.0 Å². The van der Waals surface area contributed by atoms with Crippen molar-refractivity contribution in [2.75, 3.05) is 6.54 Å². The third kappa shape index (κ3) is 6.52. The van der Waals surface area contributed by atoms with Crippen LogP contribution < -0.4 is 10.1 Å². The molecule has 182 valence electrons. The first-order valence-electron chi connectivity index (χ1n) is 10.7. The Morgan fingerprint density at radius 3 is 2.30 bits per heavy atom. The van der Waals surface area contributed by atoms with Crippen LogP contribution in [0, 0.1) is 5.92 Å². The fourth-order valence-corrected chi connectivity index (χ4v) is 4.22. The number of fused-ring (bicyclic) bond motifs is 1. The first-order valence-corrected chi connectivity index (χ1v) is 10.7. The van der Waals surface area contributed by atoms with E-state index in [1.807, 2.05) is 0 Å². The second-order valence-corrected chi connectivity index (χ2v) is 8.26. The molecular formula is C23H25F6NO3. The summed E-state index contributed by atoms with van der Waals surface area (Å²) in [6.07, 6.45) is -9.59. The third-order valence-electron chi connectivity index (χ3n) is 5.89. The minimum Gasteiger partial charge on any atom is -0.490 e. The van der Waals surface area contributed by atoms with Crippen molar-refractivity contribution in [2.45, 2.75) is 63.5 Å². The van der Waals surface area contributed by atoms with Gasteiger partial charge in [0.2, 0.25) is 0 Å². The Morgan fingerprint density at radius 2 is 1.70 bits per heavy atom. The molecule has 1 aliphatic carbocycles. The molecule has 0 aromatic heterocycles. The standard InChI is InChI=1S/C23H25F6NO3/c24-22(25,26)15-6-8-16(9-7-15)33-19-11-10-17-14(13-30-12-2-5-20(31)32)3-1-4-18(17)21(19)23(27,28)29/h1,3-4,10-11,15-16,30H,2,5-9,12-13H2,(H,31,32). The SMILES string of the molecule is O=C(O)CCCNCc1cccc2c(C(F)(F)F)c(OC3CCC(C(F)(F)F)CC3)ccc12. The molecule has 0 bridgehead atoms. The maximum atomic E-state index is 14.0. The summed E-state index contributed by atoms with van der Waals surface area (Å²) in [4.78, 5) is 10.6. The summed E-state index contributed by atoms with van der Waals surface area (Å²) >= 11 is 0. The molecule has 1 aliphatic rings. The smallest absolute Gasteiger partial charge is 0.420 e. The van der Waals surface area contributed by atoms with E-state index in [1.165, 1.54) is 24.3 Å². The average Bonchev–Trinajstić information content (AvgIpc) is 2.72. The number of carboxylic acid groups (broad SMARTS) is 1. The lowest BCUT2D eigenvalue weighted by Crippen LogP contribution is -2.32. The van der Waals surface area contributed by atoms with E-state index >= 15 is 0 Å². The number of ether oxygens (including phenoxy) is 1. The number of alkyl halides is 6. The molecule has 2 aromatic carbocycles. The monoisotopic (exact) mass is 477 g/mol. The maximum absolute atomic E-state index is 14.0. The van der Waals surface area contributed by atoms with Crippen molar-refractivity contribution in [3.63, 3.8) is 0 Å². The number of carbonyl (C=O) groups is 1. The number of nitrogens with one attached hydrogen (secondary N) is 1. The Labute approximate surface area is 186 Å². The molecule has 0 saturated heterocycles. The van der Waals surface area contributed by atoms with Gasteiger partial charge in [-0.3, -0.25) is 4.79 Å². The normalized spacial score (nSPS) is 19.6. The molecule has 0 aliphatic heterocycles. The van der Waals surface area contributed by atoms with Gasteiger partial charge in [0.15, 0.2) is 0 Å². The molecular weight excluding hydrogens is 452 g/mol. The zero-order valence-corrected chi connectivity index (χ0v) is 17.7. The zero-order valence-electron chi connectivity index (χ0n) is 17.7. The first kappa shape index (κ1) is 25.1. The van der Waals surface area contributed by atoms with Crippen molar-refractivity contribution >= 4 is 16.7 Å². The van der Waals surface area contributed by atoms with Crippen LogP contribution in [0.2, 0.25) is 0 Å². The predicted octanol–water partition coefficient (Wildman–Crippen LogP) is 6.31. The van der Waals surface area contributed by atoms with E-state index in [0.717, 1.165) is 0 Å². The third-order valence-corrected chi connectivity index (χ3v) is 5.89. The summed E-state index contributed by atoms with van der Waals surface area (Å²) < 4.78 is 86.3. The van der Waals surface area contributed by atoms with Crippen LogP contribution in [0.4, 0.5) is 26.3 Å². The molecule has 4 nitrogen and oxygen atoms in total. The van der Waals surface area contributed by atoms with Crippen molar-refractivity contribution in [1.82, 2.24) is 5.32 Å². The summed E-state index contributed by atoms with van der Waals surface area (Å²) in [5.41, 5.74) is -0.323. The highest BCUT2D eigenvalue weighted by molar-refractivity contribution is 5.91. The number of halogens is 6. The summed E-state index contributed by atoms with van der Waals surface area (Å²) in [5, 5.41) is 12.0. The highest BCUT2D eigenvalue weighted by Crippen LogP contribution is 2.44. The fourth-order valence-electron chi connectivity index (χ4n) is 4.22. The summed E-state index contributed by atoms with van der Waals surface area (Å²) in [5.74, 6) is -2.74. The molecule has 0 amide bonds. The minimum absolute atomic E-state index is 0.00760. The molecule has 10 heteroatoms. The van der Waals surface area contributed by atoms with Gasteiger partial charge in [-0.15, -0.1) is 0 Å². The topological polar surface area (TPSA) is 58.6 Å². The molecule has 0 heterocycles. The van der Waals surface area contributed by atoms with Crippen LogP contribution in [-0.2, 0) is 17.5 Å². The Bertz CT molecular complexity index is 965. The van der Waals surface area contributed by atoms with Gasteiger partial charge in [0.1, 0.15) is 11.3 Å². The van der Waals surface area contributed by atoms with Crippen LogP contribution in [0.1, 0.15) is 49.7 Å². The molecule has 2 N–H and O–H groups in total. The van der Waals surface area contributed by atoms with Crippen molar-refractivity contribution in [2.24, 2.45) is 5.92 Å². The molecule has 33 heavy (non-hydrogen) atoms. The van der Waals surface area contributed by atoms with Crippen LogP contribution in [0.3, 0.4) is 0 Å². The van der Waals surface area contributed by atoms with E-state index in [9.17, 15) is 31.1 Å². The minimum atomic E-state index is -4.72. The van der Waals surface area contributed by atoms with Gasteiger partial charge in [0.25, 0.3) is 0 Å². The van der Waals surface area contributed by atoms with E-state index in [0.29, 0.717) is 23.9 Å². The number of carboxylic acids is 1. The average molecular weight is 477 g/mol. The fraction of sp³-hybridized carbons (Fsp3) is 0.522. The summed E-state index contributed by atoms with van der Waals surface area (Å²) in [6, 6.07) is 7.29.